The summed E-state index contributed by atoms with van der Waals surface area (Å²) < 4.78 is 21.1. The van der Waals surface area contributed by atoms with Gasteiger partial charge in [-0.1, -0.05) is 6.92 Å². The second-order valence-electron chi connectivity index (χ2n) is 2.87. The van der Waals surface area contributed by atoms with E-state index in [1.54, 1.807) is 6.92 Å². The van der Waals surface area contributed by atoms with Crippen LogP contribution >= 0.6 is 0 Å². The molecule has 0 radical (unpaired) electrons. The molecular weight excluding hydrogens is 204 g/mol. The molecule has 14 heavy (non-hydrogen) atoms. The van der Waals surface area contributed by atoms with Gasteiger partial charge in [0.15, 0.2) is 0 Å². The smallest absolute Gasteiger partial charge is 0.306 e. The predicted molar refractivity (Wildman–Crippen MR) is 55.6 cm³/mol. The van der Waals surface area contributed by atoms with Crippen LogP contribution in [0.2, 0.25) is 0 Å². The fraction of sp³-hybridized carbons (Fsp3) is 0.889. The van der Waals surface area contributed by atoms with Crippen molar-refractivity contribution in [3.8, 4) is 0 Å². The average molecular weight is 222 g/mol. The van der Waals surface area contributed by atoms with E-state index in [0.29, 0.717) is 19.0 Å². The molecule has 0 aliphatic heterocycles. The van der Waals surface area contributed by atoms with E-state index in [4.69, 9.17) is 4.74 Å². The van der Waals surface area contributed by atoms with E-state index >= 15 is 0 Å². The van der Waals surface area contributed by atoms with E-state index in [1.165, 1.54) is 7.11 Å². The highest BCUT2D eigenvalue weighted by Crippen LogP contribution is 2.03. The summed E-state index contributed by atoms with van der Waals surface area (Å²) >= 11 is 0. The standard InChI is InChI=1S/C9H18O4S/c1-4-13-5-6-14(11)8(2)7-9(10)12-3/h8H,4-7H2,1-3H3. The molecule has 0 rings (SSSR count). The highest BCUT2D eigenvalue weighted by Gasteiger charge is 2.15. The van der Waals surface area contributed by atoms with E-state index in [1.807, 2.05) is 6.92 Å². The summed E-state index contributed by atoms with van der Waals surface area (Å²) in [7, 11) is 0.317. The summed E-state index contributed by atoms with van der Waals surface area (Å²) in [5, 5.41) is -0.164. The maximum atomic E-state index is 11.5. The van der Waals surface area contributed by atoms with Crippen LogP contribution in [0.1, 0.15) is 20.3 Å². The van der Waals surface area contributed by atoms with Crippen LogP contribution in [0.15, 0.2) is 0 Å². The molecule has 0 saturated heterocycles. The minimum absolute atomic E-state index is 0.164. The molecule has 0 saturated carbocycles. The highest BCUT2D eigenvalue weighted by atomic mass is 32.2. The minimum atomic E-state index is -1.01. The molecule has 0 bridgehead atoms. The van der Waals surface area contributed by atoms with Crippen LogP contribution in [0.3, 0.4) is 0 Å². The van der Waals surface area contributed by atoms with Gasteiger partial charge in [-0.2, -0.15) is 0 Å². The number of methoxy groups -OCH3 is 1. The molecule has 4 nitrogen and oxygen atoms in total. The number of carbonyl (C=O) groups excluding carboxylic acids is 1. The zero-order valence-electron chi connectivity index (χ0n) is 8.95. The normalized spacial score (nSPS) is 14.8. The Kier molecular flexibility index (Phi) is 7.70. The number of ether oxygens (including phenoxy) is 2. The quantitative estimate of drug-likeness (QED) is 0.470. The number of rotatable bonds is 7. The topological polar surface area (TPSA) is 52.6 Å². The first kappa shape index (κ1) is 13.6. The summed E-state index contributed by atoms with van der Waals surface area (Å²) in [6.07, 6.45) is 0.204. The number of hydrogen-bond acceptors (Lipinski definition) is 4. The monoisotopic (exact) mass is 222 g/mol. The Morgan fingerprint density at radius 2 is 2.14 bits per heavy atom. The predicted octanol–water partition coefficient (Wildman–Crippen LogP) is 0.723. The van der Waals surface area contributed by atoms with Crippen molar-refractivity contribution in [2.45, 2.75) is 25.5 Å². The van der Waals surface area contributed by atoms with Crippen molar-refractivity contribution >= 4 is 16.8 Å². The fourth-order valence-electron chi connectivity index (χ4n) is 0.898. The van der Waals surface area contributed by atoms with Crippen molar-refractivity contribution in [2.24, 2.45) is 0 Å². The molecule has 2 unspecified atom stereocenters. The second kappa shape index (κ2) is 7.94. The summed E-state index contributed by atoms with van der Waals surface area (Å²) in [6, 6.07) is 0. The largest absolute Gasteiger partial charge is 0.469 e. The van der Waals surface area contributed by atoms with Crippen LogP contribution in [0.4, 0.5) is 0 Å². The van der Waals surface area contributed by atoms with Crippen molar-refractivity contribution < 1.29 is 18.5 Å². The molecule has 0 N–H and O–H groups in total. The van der Waals surface area contributed by atoms with Crippen LogP contribution in [0.5, 0.6) is 0 Å². The van der Waals surface area contributed by atoms with E-state index in [-0.39, 0.29) is 17.6 Å². The molecule has 84 valence electrons. The van der Waals surface area contributed by atoms with Crippen molar-refractivity contribution in [1.82, 2.24) is 0 Å². The Morgan fingerprint density at radius 3 is 2.64 bits per heavy atom. The maximum Gasteiger partial charge on any atom is 0.306 e. The molecule has 0 aromatic carbocycles. The Bertz CT molecular complexity index is 193. The van der Waals surface area contributed by atoms with Gasteiger partial charge in [-0.15, -0.1) is 0 Å². The average Bonchev–Trinajstić information content (AvgIpc) is 2.17. The molecule has 0 aliphatic rings. The molecule has 0 aromatic heterocycles. The lowest BCUT2D eigenvalue weighted by atomic mass is 10.3. The third kappa shape index (κ3) is 6.10. The third-order valence-corrected chi connectivity index (χ3v) is 3.40. The maximum absolute atomic E-state index is 11.5. The van der Waals surface area contributed by atoms with Gasteiger partial charge in [-0.3, -0.25) is 9.00 Å². The lowest BCUT2D eigenvalue weighted by Crippen LogP contribution is -2.21. The molecule has 0 fully saturated rings. The summed E-state index contributed by atoms with van der Waals surface area (Å²) in [6.45, 7) is 4.77. The SMILES string of the molecule is CCOCCS(=O)C(C)CC(=O)OC. The minimum Gasteiger partial charge on any atom is -0.469 e. The van der Waals surface area contributed by atoms with E-state index in [0.717, 1.165) is 0 Å². The van der Waals surface area contributed by atoms with Crippen LogP contribution in [0.25, 0.3) is 0 Å². The van der Waals surface area contributed by atoms with Crippen molar-refractivity contribution in [2.75, 3.05) is 26.1 Å². The number of hydrogen-bond donors (Lipinski definition) is 0. The Labute approximate surface area is 87.4 Å². The first-order chi connectivity index (χ1) is 6.61. The zero-order valence-corrected chi connectivity index (χ0v) is 9.76. The molecule has 5 heteroatoms. The van der Waals surface area contributed by atoms with Gasteiger partial charge >= 0.3 is 5.97 Å². The van der Waals surface area contributed by atoms with Gasteiger partial charge in [0.1, 0.15) is 0 Å². The Morgan fingerprint density at radius 1 is 1.50 bits per heavy atom. The Balaban J connectivity index is 3.70. The lowest BCUT2D eigenvalue weighted by Gasteiger charge is -2.09. The summed E-state index contributed by atoms with van der Waals surface area (Å²) in [4.78, 5) is 10.9. The van der Waals surface area contributed by atoms with Gasteiger partial charge in [0.2, 0.25) is 0 Å². The van der Waals surface area contributed by atoms with Crippen molar-refractivity contribution in [3.63, 3.8) is 0 Å². The van der Waals surface area contributed by atoms with Crippen LogP contribution in [-0.4, -0.2) is 41.5 Å². The van der Waals surface area contributed by atoms with Crippen LogP contribution in [0, 0.1) is 0 Å². The van der Waals surface area contributed by atoms with Gasteiger partial charge in [0.25, 0.3) is 0 Å². The first-order valence-corrected chi connectivity index (χ1v) is 6.01. The Hall–Kier alpha value is -0.420. The van der Waals surface area contributed by atoms with Gasteiger partial charge in [-0.25, -0.2) is 0 Å². The molecule has 0 aliphatic carbocycles. The van der Waals surface area contributed by atoms with E-state index in [9.17, 15) is 9.00 Å². The van der Waals surface area contributed by atoms with Gasteiger partial charge < -0.3 is 9.47 Å². The molecule has 0 amide bonds. The summed E-state index contributed by atoms with van der Waals surface area (Å²) in [5.41, 5.74) is 0. The molecular formula is C9H18O4S. The lowest BCUT2D eigenvalue weighted by molar-refractivity contribution is -0.140. The third-order valence-electron chi connectivity index (χ3n) is 1.76. The van der Waals surface area contributed by atoms with E-state index < -0.39 is 10.8 Å². The summed E-state index contributed by atoms with van der Waals surface area (Å²) in [5.74, 6) is 0.161. The molecule has 0 heterocycles. The first-order valence-electron chi connectivity index (χ1n) is 4.63. The van der Waals surface area contributed by atoms with Gasteiger partial charge in [0.05, 0.1) is 20.1 Å². The van der Waals surface area contributed by atoms with E-state index in [2.05, 4.69) is 4.74 Å². The second-order valence-corrected chi connectivity index (χ2v) is 4.85. The number of esters is 1. The van der Waals surface area contributed by atoms with Gasteiger partial charge in [-0.05, 0) is 6.92 Å². The molecule has 2 atom stereocenters. The highest BCUT2D eigenvalue weighted by molar-refractivity contribution is 7.85. The van der Waals surface area contributed by atoms with Crippen LogP contribution < -0.4 is 0 Å². The van der Waals surface area contributed by atoms with Gasteiger partial charge in [0, 0.05) is 28.4 Å². The number of carbonyl (C=O) groups is 1. The fourth-order valence-corrected chi connectivity index (χ4v) is 1.90. The van der Waals surface area contributed by atoms with Crippen molar-refractivity contribution in [3.05, 3.63) is 0 Å². The molecule has 0 aromatic rings. The molecule has 0 spiro atoms. The zero-order chi connectivity index (χ0) is 11.0. The van der Waals surface area contributed by atoms with Crippen LogP contribution in [-0.2, 0) is 25.1 Å². The van der Waals surface area contributed by atoms with Crippen molar-refractivity contribution in [1.29, 1.82) is 0 Å².